The highest BCUT2D eigenvalue weighted by molar-refractivity contribution is 6.35. The van der Waals surface area contributed by atoms with Crippen molar-refractivity contribution in [1.82, 2.24) is 15.0 Å². The maximum atomic E-state index is 6.43. The van der Waals surface area contributed by atoms with E-state index in [-0.39, 0.29) is 0 Å². The van der Waals surface area contributed by atoms with Gasteiger partial charge in [0.15, 0.2) is 23.1 Å². The SMILES string of the molecule is Clc1cccc2c3c(oc12)CCC=C3c1nc(-c2ccccc2)nc(-c2ccccc2)n1. The van der Waals surface area contributed by atoms with Gasteiger partial charge >= 0.3 is 0 Å². The second-order valence-electron chi connectivity index (χ2n) is 7.71. The summed E-state index contributed by atoms with van der Waals surface area (Å²) in [6.07, 6.45) is 3.87. The van der Waals surface area contributed by atoms with Gasteiger partial charge in [-0.1, -0.05) is 90.5 Å². The van der Waals surface area contributed by atoms with Gasteiger partial charge in [-0.25, -0.2) is 15.0 Å². The molecule has 1 aliphatic rings. The van der Waals surface area contributed by atoms with Crippen LogP contribution in [0.2, 0.25) is 5.02 Å². The molecule has 0 spiro atoms. The molecule has 4 nitrogen and oxygen atoms in total. The van der Waals surface area contributed by atoms with Crippen LogP contribution in [0, 0.1) is 0 Å². The van der Waals surface area contributed by atoms with Gasteiger partial charge in [0.2, 0.25) is 0 Å². The van der Waals surface area contributed by atoms with Gasteiger partial charge < -0.3 is 4.42 Å². The standard InChI is InChI=1S/C27H18ClN3O/c28-21-15-7-13-19-23-20(14-8-16-22(23)32-24(19)21)27-30-25(17-9-3-1-4-10-17)29-26(31-27)18-11-5-2-6-12-18/h1-7,9-15H,8,16H2. The van der Waals surface area contributed by atoms with Crippen LogP contribution in [0.3, 0.4) is 0 Å². The average Bonchev–Trinajstić information content (AvgIpc) is 3.25. The molecule has 32 heavy (non-hydrogen) atoms. The van der Waals surface area contributed by atoms with Gasteiger partial charge in [0.25, 0.3) is 0 Å². The summed E-state index contributed by atoms with van der Waals surface area (Å²) in [6, 6.07) is 25.8. The summed E-state index contributed by atoms with van der Waals surface area (Å²) in [7, 11) is 0. The third-order valence-electron chi connectivity index (χ3n) is 5.67. The Labute approximate surface area is 190 Å². The number of hydrogen-bond donors (Lipinski definition) is 0. The van der Waals surface area contributed by atoms with E-state index in [1.54, 1.807) is 0 Å². The van der Waals surface area contributed by atoms with E-state index in [2.05, 4.69) is 6.08 Å². The van der Waals surface area contributed by atoms with Crippen LogP contribution in [0.15, 0.2) is 89.4 Å². The van der Waals surface area contributed by atoms with Gasteiger partial charge in [0.05, 0.1) is 5.02 Å². The quantitative estimate of drug-likeness (QED) is 0.306. The van der Waals surface area contributed by atoms with Crippen molar-refractivity contribution in [3.63, 3.8) is 0 Å². The maximum Gasteiger partial charge on any atom is 0.164 e. The summed E-state index contributed by atoms with van der Waals surface area (Å²) in [4.78, 5) is 14.6. The van der Waals surface area contributed by atoms with Crippen LogP contribution in [0.1, 0.15) is 23.6 Å². The molecule has 5 heteroatoms. The van der Waals surface area contributed by atoms with Gasteiger partial charge in [0, 0.05) is 34.1 Å². The monoisotopic (exact) mass is 435 g/mol. The lowest BCUT2D eigenvalue weighted by molar-refractivity contribution is 0.545. The lowest BCUT2D eigenvalue weighted by Gasteiger charge is -2.14. The predicted molar refractivity (Wildman–Crippen MR) is 127 cm³/mol. The first-order chi connectivity index (χ1) is 15.8. The molecular weight excluding hydrogens is 418 g/mol. The fourth-order valence-electron chi connectivity index (χ4n) is 4.19. The zero-order chi connectivity index (χ0) is 21.5. The van der Waals surface area contributed by atoms with Crippen molar-refractivity contribution in [3.05, 3.63) is 107 Å². The Morgan fingerprint density at radius 1 is 0.688 bits per heavy atom. The molecule has 0 saturated heterocycles. The Bertz CT molecular complexity index is 1420. The zero-order valence-electron chi connectivity index (χ0n) is 17.1. The summed E-state index contributed by atoms with van der Waals surface area (Å²) < 4.78 is 6.16. The number of aryl methyl sites for hydroxylation is 1. The van der Waals surface area contributed by atoms with Gasteiger partial charge in [-0.05, 0) is 12.5 Å². The Hall–Kier alpha value is -3.76. The molecule has 2 aromatic heterocycles. The average molecular weight is 436 g/mol. The first kappa shape index (κ1) is 19.0. The molecule has 0 fully saturated rings. The number of aromatic nitrogens is 3. The third-order valence-corrected chi connectivity index (χ3v) is 5.97. The second kappa shape index (κ2) is 7.74. The van der Waals surface area contributed by atoms with Crippen LogP contribution in [0.5, 0.6) is 0 Å². The normalized spacial score (nSPS) is 13.1. The lowest BCUT2D eigenvalue weighted by Crippen LogP contribution is -2.06. The van der Waals surface area contributed by atoms with Crippen molar-refractivity contribution in [3.8, 4) is 22.8 Å². The fourth-order valence-corrected chi connectivity index (χ4v) is 4.40. The van der Waals surface area contributed by atoms with E-state index >= 15 is 0 Å². The van der Waals surface area contributed by atoms with Crippen LogP contribution in [0.25, 0.3) is 39.3 Å². The highest BCUT2D eigenvalue weighted by atomic mass is 35.5. The topological polar surface area (TPSA) is 51.8 Å². The van der Waals surface area contributed by atoms with Gasteiger partial charge in [0.1, 0.15) is 5.76 Å². The van der Waals surface area contributed by atoms with Crippen molar-refractivity contribution in [1.29, 1.82) is 0 Å². The number of nitrogens with zero attached hydrogens (tertiary/aromatic N) is 3. The number of para-hydroxylation sites is 1. The number of fused-ring (bicyclic) bond motifs is 3. The highest BCUT2D eigenvalue weighted by Gasteiger charge is 2.25. The van der Waals surface area contributed by atoms with Crippen LogP contribution in [0.4, 0.5) is 0 Å². The van der Waals surface area contributed by atoms with Crippen molar-refractivity contribution >= 4 is 28.1 Å². The smallest absolute Gasteiger partial charge is 0.164 e. The first-order valence-electron chi connectivity index (χ1n) is 10.6. The summed E-state index contributed by atoms with van der Waals surface area (Å²) >= 11 is 6.43. The van der Waals surface area contributed by atoms with Crippen LogP contribution in [-0.2, 0) is 6.42 Å². The molecule has 0 N–H and O–H groups in total. The molecule has 5 aromatic rings. The van der Waals surface area contributed by atoms with E-state index in [9.17, 15) is 0 Å². The van der Waals surface area contributed by atoms with Crippen LogP contribution >= 0.6 is 11.6 Å². The Kier molecular flexibility index (Phi) is 4.58. The van der Waals surface area contributed by atoms with Crippen molar-refractivity contribution in [2.75, 3.05) is 0 Å². The van der Waals surface area contributed by atoms with E-state index < -0.39 is 0 Å². The highest BCUT2D eigenvalue weighted by Crippen LogP contribution is 2.40. The number of rotatable bonds is 3. The van der Waals surface area contributed by atoms with E-state index in [1.165, 1.54) is 0 Å². The van der Waals surface area contributed by atoms with Crippen molar-refractivity contribution < 1.29 is 4.42 Å². The first-order valence-corrected chi connectivity index (χ1v) is 10.9. The summed E-state index contributed by atoms with van der Waals surface area (Å²) in [5.41, 5.74) is 4.60. The number of furan rings is 1. The predicted octanol–water partition coefficient (Wildman–Crippen LogP) is 6.98. The Balaban J connectivity index is 1.59. The molecule has 1 aliphatic carbocycles. The van der Waals surface area contributed by atoms with Gasteiger partial charge in [-0.2, -0.15) is 0 Å². The second-order valence-corrected chi connectivity index (χ2v) is 8.12. The molecule has 0 radical (unpaired) electrons. The zero-order valence-corrected chi connectivity index (χ0v) is 17.9. The molecule has 0 bridgehead atoms. The molecule has 0 atom stereocenters. The molecular formula is C27H18ClN3O. The van der Waals surface area contributed by atoms with Crippen molar-refractivity contribution in [2.24, 2.45) is 0 Å². The minimum absolute atomic E-state index is 0.613. The summed E-state index contributed by atoms with van der Waals surface area (Å²) in [5, 5.41) is 1.60. The lowest BCUT2D eigenvalue weighted by atomic mass is 9.93. The van der Waals surface area contributed by atoms with Crippen LogP contribution < -0.4 is 0 Å². The Morgan fingerprint density at radius 3 is 1.97 bits per heavy atom. The largest absolute Gasteiger partial charge is 0.459 e. The van der Waals surface area contributed by atoms with Gasteiger partial charge in [-0.3, -0.25) is 0 Å². The minimum Gasteiger partial charge on any atom is -0.459 e. The van der Waals surface area contributed by atoms with E-state index in [1.807, 2.05) is 78.9 Å². The molecule has 3 aromatic carbocycles. The number of benzene rings is 3. The van der Waals surface area contributed by atoms with Gasteiger partial charge in [-0.15, -0.1) is 0 Å². The minimum atomic E-state index is 0.613. The Morgan fingerprint density at radius 2 is 1.31 bits per heavy atom. The number of allylic oxidation sites excluding steroid dienone is 1. The molecule has 6 rings (SSSR count). The molecule has 0 aliphatic heterocycles. The molecule has 0 unspecified atom stereocenters. The van der Waals surface area contributed by atoms with E-state index in [0.717, 1.165) is 46.3 Å². The van der Waals surface area contributed by atoms with E-state index in [4.69, 9.17) is 31.0 Å². The third kappa shape index (κ3) is 3.20. The fraction of sp³-hybridized carbons (Fsp3) is 0.0741. The molecule has 154 valence electrons. The molecule has 0 amide bonds. The van der Waals surface area contributed by atoms with Crippen LogP contribution in [-0.4, -0.2) is 15.0 Å². The number of hydrogen-bond acceptors (Lipinski definition) is 4. The van der Waals surface area contributed by atoms with Crippen molar-refractivity contribution in [2.45, 2.75) is 12.8 Å². The summed E-state index contributed by atoms with van der Waals surface area (Å²) in [5.74, 6) is 2.86. The number of halogens is 1. The maximum absolute atomic E-state index is 6.43. The molecule has 0 saturated carbocycles. The van der Waals surface area contributed by atoms with E-state index in [0.29, 0.717) is 28.1 Å². The molecule has 2 heterocycles. The summed E-state index contributed by atoms with van der Waals surface area (Å²) in [6.45, 7) is 0.